The lowest BCUT2D eigenvalue weighted by Crippen LogP contribution is -2.26. The number of aromatic nitrogens is 2. The molecule has 1 rings (SSSR count). The first kappa shape index (κ1) is 15.0. The van der Waals surface area contributed by atoms with E-state index in [-0.39, 0.29) is 11.8 Å². The van der Waals surface area contributed by atoms with E-state index in [1.165, 1.54) is 6.26 Å². The number of rotatable bonds is 7. The fourth-order valence-corrected chi connectivity index (χ4v) is 2.73. The van der Waals surface area contributed by atoms with Crippen molar-refractivity contribution in [3.8, 4) is 0 Å². The largest absolute Gasteiger partial charge is 0.383 e. The molecular formula is C11H21N3O3S. The van der Waals surface area contributed by atoms with Crippen LogP contribution in [0.25, 0.3) is 0 Å². The van der Waals surface area contributed by atoms with Crippen molar-refractivity contribution in [3.05, 3.63) is 11.9 Å². The van der Waals surface area contributed by atoms with Gasteiger partial charge in [-0.2, -0.15) is 0 Å². The van der Waals surface area contributed by atoms with Gasteiger partial charge in [-0.25, -0.2) is 13.4 Å². The molecule has 1 aromatic heterocycles. The first-order chi connectivity index (χ1) is 8.31. The molecule has 0 bridgehead atoms. The van der Waals surface area contributed by atoms with Crippen molar-refractivity contribution in [2.45, 2.75) is 26.4 Å². The predicted molar refractivity (Wildman–Crippen MR) is 71.6 cm³/mol. The quantitative estimate of drug-likeness (QED) is 0.792. The topological polar surface area (TPSA) is 73.2 Å². The van der Waals surface area contributed by atoms with Gasteiger partial charge in [0, 0.05) is 32.1 Å². The summed E-state index contributed by atoms with van der Waals surface area (Å²) in [5, 5.41) is 3.11. The highest BCUT2D eigenvalue weighted by Crippen LogP contribution is 2.10. The number of nitrogens with zero attached hydrogens (tertiary/aromatic N) is 2. The third-order valence-electron chi connectivity index (χ3n) is 2.36. The Labute approximate surface area is 108 Å². The summed E-state index contributed by atoms with van der Waals surface area (Å²) in [6, 6.07) is -0.178. The van der Waals surface area contributed by atoms with E-state index in [1.807, 2.05) is 24.6 Å². The van der Waals surface area contributed by atoms with Gasteiger partial charge in [0.05, 0.1) is 18.1 Å². The van der Waals surface area contributed by atoms with E-state index in [9.17, 15) is 8.42 Å². The molecule has 1 atom stereocenters. The van der Waals surface area contributed by atoms with E-state index in [0.717, 1.165) is 5.69 Å². The number of sulfone groups is 1. The fraction of sp³-hybridized carbons (Fsp3) is 0.727. The molecule has 0 saturated carbocycles. The molecule has 0 radical (unpaired) electrons. The highest BCUT2D eigenvalue weighted by atomic mass is 32.2. The number of aryl methyl sites for hydroxylation is 1. The summed E-state index contributed by atoms with van der Waals surface area (Å²) < 4.78 is 29.4. The summed E-state index contributed by atoms with van der Waals surface area (Å²) in [5.74, 6) is 0.768. The van der Waals surface area contributed by atoms with Crippen molar-refractivity contribution >= 4 is 15.8 Å². The summed E-state index contributed by atoms with van der Waals surface area (Å²) in [6.07, 6.45) is 3.14. The standard InChI is InChI=1S/C11H21N3O3S/c1-9-7-14(5-6-17-3)11(12-9)13-10(2)8-18(4,15)16/h7,10H,5-6,8H2,1-4H3,(H,12,13). The molecule has 1 aromatic rings. The van der Waals surface area contributed by atoms with Crippen LogP contribution in [0.3, 0.4) is 0 Å². The molecule has 0 aliphatic heterocycles. The Morgan fingerprint density at radius 1 is 1.56 bits per heavy atom. The number of hydrogen-bond acceptors (Lipinski definition) is 5. The zero-order chi connectivity index (χ0) is 13.8. The van der Waals surface area contributed by atoms with Gasteiger partial charge in [0.2, 0.25) is 5.95 Å². The maximum Gasteiger partial charge on any atom is 0.203 e. The third kappa shape index (κ3) is 5.05. The van der Waals surface area contributed by atoms with Crippen LogP contribution in [0.5, 0.6) is 0 Å². The van der Waals surface area contributed by atoms with Crippen LogP contribution in [0, 0.1) is 6.92 Å². The average molecular weight is 275 g/mol. The molecule has 0 aliphatic rings. The summed E-state index contributed by atoms with van der Waals surface area (Å²) in [6.45, 7) is 5.00. The first-order valence-electron chi connectivity index (χ1n) is 5.79. The molecule has 0 saturated heterocycles. The molecule has 0 fully saturated rings. The van der Waals surface area contributed by atoms with Crippen LogP contribution in [0.2, 0.25) is 0 Å². The number of imidazole rings is 1. The molecule has 7 heteroatoms. The normalized spacial score (nSPS) is 13.6. The monoisotopic (exact) mass is 275 g/mol. The van der Waals surface area contributed by atoms with Crippen molar-refractivity contribution in [3.63, 3.8) is 0 Å². The lowest BCUT2D eigenvalue weighted by atomic mass is 10.4. The van der Waals surface area contributed by atoms with Gasteiger partial charge in [-0.1, -0.05) is 0 Å². The Hall–Kier alpha value is -1.08. The zero-order valence-corrected chi connectivity index (χ0v) is 12.1. The van der Waals surface area contributed by atoms with Crippen LogP contribution in [0.15, 0.2) is 6.20 Å². The van der Waals surface area contributed by atoms with E-state index >= 15 is 0 Å². The van der Waals surface area contributed by atoms with Gasteiger partial charge in [0.1, 0.15) is 9.84 Å². The summed E-state index contributed by atoms with van der Waals surface area (Å²) in [7, 11) is -1.35. The van der Waals surface area contributed by atoms with Crippen LogP contribution in [0.4, 0.5) is 5.95 Å². The van der Waals surface area contributed by atoms with E-state index in [4.69, 9.17) is 4.74 Å². The fourth-order valence-electron chi connectivity index (χ4n) is 1.74. The molecule has 0 aliphatic carbocycles. The molecule has 0 aromatic carbocycles. The molecule has 0 amide bonds. The Kier molecular flexibility index (Phi) is 5.15. The number of anilines is 1. The number of methoxy groups -OCH3 is 1. The average Bonchev–Trinajstić information content (AvgIpc) is 2.52. The van der Waals surface area contributed by atoms with Gasteiger partial charge in [0.15, 0.2) is 0 Å². The minimum atomic E-state index is -2.99. The first-order valence-corrected chi connectivity index (χ1v) is 7.85. The Morgan fingerprint density at radius 2 is 2.22 bits per heavy atom. The minimum Gasteiger partial charge on any atom is -0.383 e. The summed E-state index contributed by atoms with van der Waals surface area (Å²) in [5.41, 5.74) is 0.889. The molecule has 18 heavy (non-hydrogen) atoms. The molecular weight excluding hydrogens is 254 g/mol. The maximum atomic E-state index is 11.2. The second kappa shape index (κ2) is 6.19. The predicted octanol–water partition coefficient (Wildman–Crippen LogP) is 0.683. The minimum absolute atomic E-state index is 0.0865. The number of ether oxygens (including phenoxy) is 1. The summed E-state index contributed by atoms with van der Waals surface area (Å²) >= 11 is 0. The van der Waals surface area contributed by atoms with Crippen molar-refractivity contribution in [2.75, 3.05) is 31.0 Å². The van der Waals surface area contributed by atoms with E-state index in [0.29, 0.717) is 19.1 Å². The van der Waals surface area contributed by atoms with Gasteiger partial charge >= 0.3 is 0 Å². The summed E-state index contributed by atoms with van der Waals surface area (Å²) in [4.78, 5) is 4.34. The smallest absolute Gasteiger partial charge is 0.203 e. The molecule has 0 spiro atoms. The van der Waals surface area contributed by atoms with Crippen LogP contribution >= 0.6 is 0 Å². The highest BCUT2D eigenvalue weighted by Gasteiger charge is 2.13. The third-order valence-corrected chi connectivity index (χ3v) is 3.47. The van der Waals surface area contributed by atoms with Gasteiger partial charge in [-0.15, -0.1) is 0 Å². The number of nitrogens with one attached hydrogen (secondary N) is 1. The zero-order valence-electron chi connectivity index (χ0n) is 11.3. The van der Waals surface area contributed by atoms with Crippen molar-refractivity contribution in [2.24, 2.45) is 0 Å². The van der Waals surface area contributed by atoms with Crippen LogP contribution < -0.4 is 5.32 Å². The van der Waals surface area contributed by atoms with E-state index < -0.39 is 9.84 Å². The maximum absolute atomic E-state index is 11.2. The van der Waals surface area contributed by atoms with Crippen LogP contribution in [-0.2, 0) is 21.1 Å². The lowest BCUT2D eigenvalue weighted by molar-refractivity contribution is 0.187. The van der Waals surface area contributed by atoms with Crippen LogP contribution in [-0.4, -0.2) is 49.7 Å². The number of hydrogen-bond donors (Lipinski definition) is 1. The van der Waals surface area contributed by atoms with Gasteiger partial charge in [0.25, 0.3) is 0 Å². The van der Waals surface area contributed by atoms with Crippen molar-refractivity contribution < 1.29 is 13.2 Å². The van der Waals surface area contributed by atoms with Gasteiger partial charge in [-0.05, 0) is 13.8 Å². The Bertz CT molecular complexity index is 482. The van der Waals surface area contributed by atoms with Crippen LogP contribution in [0.1, 0.15) is 12.6 Å². The van der Waals surface area contributed by atoms with Crippen molar-refractivity contribution in [1.82, 2.24) is 9.55 Å². The van der Waals surface area contributed by atoms with E-state index in [2.05, 4.69) is 10.3 Å². The second-order valence-electron chi connectivity index (χ2n) is 4.53. The molecule has 104 valence electrons. The molecule has 1 unspecified atom stereocenters. The SMILES string of the molecule is COCCn1cc(C)nc1NC(C)CS(C)(=O)=O. The Morgan fingerprint density at radius 3 is 2.78 bits per heavy atom. The van der Waals surface area contributed by atoms with Crippen molar-refractivity contribution in [1.29, 1.82) is 0 Å². The highest BCUT2D eigenvalue weighted by molar-refractivity contribution is 7.90. The van der Waals surface area contributed by atoms with Gasteiger partial charge in [-0.3, -0.25) is 0 Å². The second-order valence-corrected chi connectivity index (χ2v) is 6.71. The van der Waals surface area contributed by atoms with Gasteiger partial charge < -0.3 is 14.6 Å². The van der Waals surface area contributed by atoms with E-state index in [1.54, 1.807) is 7.11 Å². The lowest BCUT2D eigenvalue weighted by Gasteiger charge is -2.14. The Balaban J connectivity index is 2.71. The molecule has 1 N–H and O–H groups in total. The molecule has 1 heterocycles. The molecule has 6 nitrogen and oxygen atoms in total.